The van der Waals surface area contributed by atoms with E-state index in [1.807, 2.05) is 6.07 Å². The van der Waals surface area contributed by atoms with E-state index < -0.39 is 41.7 Å². The van der Waals surface area contributed by atoms with Crippen LogP contribution in [0.25, 0.3) is 11.2 Å². The van der Waals surface area contributed by atoms with Crippen LogP contribution >= 0.6 is 12.2 Å². The van der Waals surface area contributed by atoms with E-state index in [2.05, 4.69) is 80.6 Å². The van der Waals surface area contributed by atoms with Crippen molar-refractivity contribution in [2.75, 3.05) is 11.9 Å². The molecule has 4 aromatic rings. The third-order valence-corrected chi connectivity index (χ3v) is 20.0. The number of thiocarbonyl (C=S) groups is 1. The Hall–Kier alpha value is -3.39. The second kappa shape index (κ2) is 14.1. The Balaban J connectivity index is 1.43. The molecule has 49 heavy (non-hydrogen) atoms. The molecule has 2 aliphatic heterocycles. The molecule has 0 radical (unpaired) electrons. The highest BCUT2D eigenvalue weighted by Crippen LogP contribution is 2.49. The van der Waals surface area contributed by atoms with E-state index in [-0.39, 0.29) is 45.7 Å². The van der Waals surface area contributed by atoms with Gasteiger partial charge in [0.25, 0.3) is 11.1 Å². The summed E-state index contributed by atoms with van der Waals surface area (Å²) in [6.45, 7) is 17.7. The van der Waals surface area contributed by atoms with Gasteiger partial charge < -0.3 is 27.8 Å². The smallest absolute Gasteiger partial charge is 0.335 e. The highest BCUT2D eigenvalue weighted by molar-refractivity contribution is 7.80. The van der Waals surface area contributed by atoms with Crippen LogP contribution in [0.2, 0.25) is 22.2 Å². The molecule has 1 unspecified atom stereocenters. The summed E-state index contributed by atoms with van der Waals surface area (Å²) in [7, 11) is -5.86. The quantitative estimate of drug-likeness (QED) is 0.161. The summed E-state index contributed by atoms with van der Waals surface area (Å²) < 4.78 is 38.7. The highest BCUT2D eigenvalue weighted by Gasteiger charge is 2.62. The van der Waals surface area contributed by atoms with Gasteiger partial charge in [-0.3, -0.25) is 13.9 Å². The minimum absolute atomic E-state index is 0.0946. The molecule has 1 amide bonds. The number of anilines is 1. The van der Waals surface area contributed by atoms with Crippen LogP contribution in [0.1, 0.15) is 72.0 Å². The summed E-state index contributed by atoms with van der Waals surface area (Å²) in [4.78, 5) is 30.8. The SMILES string of the molecule is CC(C)[Si]1(C(C)C)OC[C@H]2O[C@@H](n3cnc4c(NC(=O)c5ccccc5)ncnc43)[C@@H](OC(=S)n3ccnc3)C2O[Si](C(C)C)(C(C)C)O1. The van der Waals surface area contributed by atoms with Crippen molar-refractivity contribution < 1.29 is 27.2 Å². The van der Waals surface area contributed by atoms with Crippen LogP contribution in [0.5, 0.6) is 0 Å². The van der Waals surface area contributed by atoms with E-state index >= 15 is 0 Å². The van der Waals surface area contributed by atoms with Crippen molar-refractivity contribution in [2.45, 2.75) is 102 Å². The molecule has 1 N–H and O–H groups in total. The third-order valence-electron chi connectivity index (χ3n) is 9.47. The molecule has 262 valence electrons. The molecule has 6 rings (SSSR count). The van der Waals surface area contributed by atoms with Crippen molar-refractivity contribution in [3.8, 4) is 0 Å². The molecule has 2 fully saturated rings. The number of hydrogen-bond acceptors (Lipinski definition) is 11. The summed E-state index contributed by atoms with van der Waals surface area (Å²) in [6, 6.07) is 8.92. The average Bonchev–Trinajstić information content (AvgIpc) is 3.81. The lowest BCUT2D eigenvalue weighted by atomic mass is 10.1. The van der Waals surface area contributed by atoms with Crippen molar-refractivity contribution in [3.05, 3.63) is 67.3 Å². The van der Waals surface area contributed by atoms with Crippen molar-refractivity contribution in [1.82, 2.24) is 29.1 Å². The van der Waals surface area contributed by atoms with Crippen molar-refractivity contribution in [2.24, 2.45) is 0 Å². The van der Waals surface area contributed by atoms with Crippen LogP contribution in [0.3, 0.4) is 0 Å². The van der Waals surface area contributed by atoms with Gasteiger partial charge in [0.1, 0.15) is 24.9 Å². The molecule has 0 aliphatic carbocycles. The van der Waals surface area contributed by atoms with Gasteiger partial charge in [0.2, 0.25) is 0 Å². The topological polar surface area (TPSA) is 137 Å². The number of rotatable bonds is 8. The second-order valence-electron chi connectivity index (χ2n) is 13.8. The van der Waals surface area contributed by atoms with Crippen molar-refractivity contribution >= 4 is 57.4 Å². The molecule has 4 atom stereocenters. The molecule has 2 aliphatic rings. The van der Waals surface area contributed by atoms with Gasteiger partial charge in [-0.05, 0) is 46.5 Å². The van der Waals surface area contributed by atoms with Gasteiger partial charge in [0, 0.05) is 18.0 Å². The van der Waals surface area contributed by atoms with Crippen LogP contribution in [0, 0.1) is 0 Å². The zero-order valence-electron chi connectivity index (χ0n) is 29.1. The Kier molecular flexibility index (Phi) is 10.2. The molecule has 5 heterocycles. The van der Waals surface area contributed by atoms with Crippen LogP contribution in [0.15, 0.2) is 61.7 Å². The van der Waals surface area contributed by atoms with Gasteiger partial charge in [-0.25, -0.2) is 19.9 Å². The lowest BCUT2D eigenvalue weighted by molar-refractivity contribution is -0.0565. The first-order chi connectivity index (χ1) is 23.4. The van der Waals surface area contributed by atoms with E-state index in [0.29, 0.717) is 16.7 Å². The number of carbonyl (C=O) groups is 1. The third kappa shape index (κ3) is 6.50. The standard InChI is InChI=1S/C33H45N7O6SSi2/c1-20(2)48(21(3)4)42-16-25-27(45-49(46-48,22(5)6)23(7)8)28(44-33(47)39-15-14-34-18-39)32(43-25)40-19-37-26-29(35-17-36-30(26)40)38-31(41)24-12-10-9-11-13-24/h9-15,17-23,25,27-28,32H,16H2,1-8H3,(H,35,36,38,41)/t25-,27?,28+,32-/m1/s1. The molecule has 0 bridgehead atoms. The van der Waals surface area contributed by atoms with E-state index in [1.54, 1.807) is 58.4 Å². The molecule has 0 saturated carbocycles. The van der Waals surface area contributed by atoms with E-state index in [0.717, 1.165) is 0 Å². The first-order valence-electron chi connectivity index (χ1n) is 16.8. The maximum Gasteiger partial charge on any atom is 0.335 e. The Morgan fingerprint density at radius 1 is 0.959 bits per heavy atom. The summed E-state index contributed by atoms with van der Waals surface area (Å²) in [6.07, 6.45) is 5.30. The van der Waals surface area contributed by atoms with Gasteiger partial charge in [0.05, 0.1) is 12.9 Å². The summed E-state index contributed by atoms with van der Waals surface area (Å²) in [5.41, 5.74) is 1.88. The molecule has 3 aromatic heterocycles. The van der Waals surface area contributed by atoms with Gasteiger partial charge in [0.15, 0.2) is 29.3 Å². The lowest BCUT2D eigenvalue weighted by Crippen LogP contribution is -2.66. The van der Waals surface area contributed by atoms with Crippen LogP contribution < -0.4 is 5.32 Å². The predicted octanol–water partition coefficient (Wildman–Crippen LogP) is 6.35. The number of fused-ring (bicyclic) bond motifs is 2. The minimum atomic E-state index is -3.04. The maximum absolute atomic E-state index is 13.1. The van der Waals surface area contributed by atoms with Gasteiger partial charge in [-0.2, -0.15) is 0 Å². The van der Waals surface area contributed by atoms with E-state index in [1.165, 1.54) is 6.33 Å². The van der Waals surface area contributed by atoms with Crippen LogP contribution in [0.4, 0.5) is 5.82 Å². The summed E-state index contributed by atoms with van der Waals surface area (Å²) >= 11 is 5.77. The highest BCUT2D eigenvalue weighted by atomic mass is 32.1. The normalized spacial score (nSPS) is 23.5. The number of nitrogens with one attached hydrogen (secondary N) is 1. The fourth-order valence-corrected chi connectivity index (χ4v) is 18.3. The Morgan fingerprint density at radius 3 is 2.29 bits per heavy atom. The van der Waals surface area contributed by atoms with Crippen LogP contribution in [-0.4, -0.2) is 82.2 Å². The first kappa shape index (κ1) is 35.4. The molecular formula is C33H45N7O6SSi2. The Morgan fingerprint density at radius 2 is 1.65 bits per heavy atom. The summed E-state index contributed by atoms with van der Waals surface area (Å²) in [5, 5.41) is 3.07. The van der Waals surface area contributed by atoms with E-state index in [4.69, 9.17) is 34.7 Å². The molecule has 1 aromatic carbocycles. The number of aromatic nitrogens is 6. The number of nitrogens with zero attached hydrogens (tertiary/aromatic N) is 6. The number of carbonyl (C=O) groups excluding carboxylic acids is 1. The van der Waals surface area contributed by atoms with Crippen molar-refractivity contribution in [3.63, 3.8) is 0 Å². The largest absolute Gasteiger partial charge is 0.459 e. The monoisotopic (exact) mass is 723 g/mol. The van der Waals surface area contributed by atoms with Crippen LogP contribution in [-0.2, 0) is 22.4 Å². The number of hydrogen-bond donors (Lipinski definition) is 1. The number of amides is 1. The molecule has 2 saturated heterocycles. The lowest BCUT2D eigenvalue weighted by Gasteiger charge is -2.51. The predicted molar refractivity (Wildman–Crippen MR) is 193 cm³/mol. The van der Waals surface area contributed by atoms with Gasteiger partial charge in [-0.15, -0.1) is 0 Å². The molecular weight excluding hydrogens is 679 g/mol. The van der Waals surface area contributed by atoms with Gasteiger partial charge >= 0.3 is 17.1 Å². The first-order valence-corrected chi connectivity index (χ1v) is 21.1. The maximum atomic E-state index is 13.1. The zero-order chi connectivity index (χ0) is 35.1. The number of benzene rings is 1. The minimum Gasteiger partial charge on any atom is -0.459 e. The van der Waals surface area contributed by atoms with Crippen molar-refractivity contribution in [1.29, 1.82) is 0 Å². The number of ether oxygens (including phenoxy) is 2. The second-order valence-corrected chi connectivity index (χ2v) is 23.0. The molecule has 0 spiro atoms. The Bertz CT molecular complexity index is 1760. The Labute approximate surface area is 294 Å². The summed E-state index contributed by atoms with van der Waals surface area (Å²) in [5.74, 6) is -0.0356. The van der Waals surface area contributed by atoms with Gasteiger partial charge in [-0.1, -0.05) is 73.6 Å². The molecule has 16 heteroatoms. The zero-order valence-corrected chi connectivity index (χ0v) is 32.0. The average molecular weight is 724 g/mol. The fraction of sp³-hybridized carbons (Fsp3) is 0.515. The number of imidazole rings is 2. The molecule has 13 nitrogen and oxygen atoms in total. The fourth-order valence-electron chi connectivity index (χ4n) is 6.92. The van der Waals surface area contributed by atoms with E-state index in [9.17, 15) is 4.79 Å².